The number of nitrogens with one attached hydrogen (secondary N) is 2. The van der Waals surface area contributed by atoms with Gasteiger partial charge < -0.3 is 15.4 Å². The van der Waals surface area contributed by atoms with E-state index in [4.69, 9.17) is 4.74 Å². The van der Waals surface area contributed by atoms with Crippen molar-refractivity contribution in [3.63, 3.8) is 0 Å². The van der Waals surface area contributed by atoms with Gasteiger partial charge in [-0.15, -0.1) is 0 Å². The molecule has 0 aromatic heterocycles. The van der Waals surface area contributed by atoms with E-state index < -0.39 is 5.60 Å². The second-order valence-electron chi connectivity index (χ2n) is 7.16. The van der Waals surface area contributed by atoms with Gasteiger partial charge in [-0.3, -0.25) is 0 Å². The Kier molecular flexibility index (Phi) is 6.80. The lowest BCUT2D eigenvalue weighted by Crippen LogP contribution is -2.50. The third-order valence-electron chi connectivity index (χ3n) is 3.64. The molecule has 1 amide bonds. The highest BCUT2D eigenvalue weighted by Crippen LogP contribution is 2.26. The Hall–Kier alpha value is -0.770. The SMILES string of the molecule is CCCCC(CNC(=O)OC(C)(C)C)NC1CC(C)C1. The minimum atomic E-state index is -0.431. The van der Waals surface area contributed by atoms with Gasteiger partial charge in [0.2, 0.25) is 0 Å². The van der Waals surface area contributed by atoms with Crippen LogP contribution in [-0.2, 0) is 4.74 Å². The minimum absolute atomic E-state index is 0.317. The van der Waals surface area contributed by atoms with Crippen molar-refractivity contribution in [2.24, 2.45) is 5.92 Å². The first kappa shape index (κ1) is 17.3. The number of carbonyl (C=O) groups is 1. The maximum atomic E-state index is 11.7. The highest BCUT2D eigenvalue weighted by Gasteiger charge is 2.27. The summed E-state index contributed by atoms with van der Waals surface area (Å²) < 4.78 is 5.28. The number of unbranched alkanes of at least 4 members (excludes halogenated alkanes) is 1. The fourth-order valence-electron chi connectivity index (χ4n) is 2.59. The molecule has 0 bridgehead atoms. The summed E-state index contributed by atoms with van der Waals surface area (Å²) in [6, 6.07) is 0.993. The van der Waals surface area contributed by atoms with E-state index in [9.17, 15) is 4.79 Å². The number of alkyl carbamates (subject to hydrolysis) is 1. The summed E-state index contributed by atoms with van der Waals surface area (Å²) in [5, 5.41) is 6.56. The molecule has 0 heterocycles. The molecule has 20 heavy (non-hydrogen) atoms. The van der Waals surface area contributed by atoms with E-state index in [0.717, 1.165) is 12.3 Å². The summed E-state index contributed by atoms with van der Waals surface area (Å²) in [7, 11) is 0. The average molecular weight is 284 g/mol. The lowest BCUT2D eigenvalue weighted by atomic mass is 9.81. The third kappa shape index (κ3) is 7.13. The van der Waals surface area contributed by atoms with Crippen molar-refractivity contribution in [2.45, 2.75) is 84.4 Å². The number of hydrogen-bond donors (Lipinski definition) is 2. The Morgan fingerprint density at radius 3 is 2.50 bits per heavy atom. The maximum Gasteiger partial charge on any atom is 0.407 e. The van der Waals surface area contributed by atoms with Crippen molar-refractivity contribution in [3.05, 3.63) is 0 Å². The number of rotatable bonds is 7. The molecule has 0 aromatic rings. The molecule has 0 saturated heterocycles. The molecule has 0 aromatic carbocycles. The molecule has 1 fully saturated rings. The number of carbonyl (C=O) groups excluding carboxylic acids is 1. The molecule has 0 radical (unpaired) electrons. The molecule has 4 heteroatoms. The Morgan fingerprint density at radius 2 is 2.00 bits per heavy atom. The summed E-state index contributed by atoms with van der Waals surface area (Å²) in [5.41, 5.74) is -0.431. The van der Waals surface area contributed by atoms with Crippen LogP contribution in [0.4, 0.5) is 4.79 Å². The quantitative estimate of drug-likeness (QED) is 0.753. The van der Waals surface area contributed by atoms with Crippen molar-refractivity contribution in [3.8, 4) is 0 Å². The molecular formula is C16H32N2O2. The fraction of sp³-hybridized carbons (Fsp3) is 0.938. The number of hydrogen-bond acceptors (Lipinski definition) is 3. The third-order valence-corrected chi connectivity index (χ3v) is 3.64. The standard InChI is InChI=1S/C16H32N2O2/c1-6-7-8-13(18-14-9-12(2)10-14)11-17-15(19)20-16(3,4)5/h12-14,18H,6-11H2,1-5H3,(H,17,19). The van der Waals surface area contributed by atoms with Crippen LogP contribution in [-0.4, -0.2) is 30.3 Å². The first-order valence-corrected chi connectivity index (χ1v) is 8.03. The monoisotopic (exact) mass is 284 g/mol. The van der Waals surface area contributed by atoms with Crippen LogP contribution in [0.1, 0.15) is 66.7 Å². The molecule has 0 aliphatic heterocycles. The molecule has 1 aliphatic carbocycles. The van der Waals surface area contributed by atoms with Gasteiger partial charge in [0.25, 0.3) is 0 Å². The van der Waals surface area contributed by atoms with Gasteiger partial charge in [0.15, 0.2) is 0 Å². The molecular weight excluding hydrogens is 252 g/mol. The summed E-state index contributed by atoms with van der Waals surface area (Å²) in [5.74, 6) is 0.846. The van der Waals surface area contributed by atoms with Gasteiger partial charge in [0.1, 0.15) is 5.60 Å². The molecule has 1 rings (SSSR count). The Morgan fingerprint density at radius 1 is 1.35 bits per heavy atom. The second-order valence-corrected chi connectivity index (χ2v) is 7.16. The highest BCUT2D eigenvalue weighted by atomic mass is 16.6. The molecule has 0 spiro atoms. The number of ether oxygens (including phenoxy) is 1. The van der Waals surface area contributed by atoms with Crippen LogP contribution in [0.5, 0.6) is 0 Å². The van der Waals surface area contributed by atoms with Crippen LogP contribution in [0.2, 0.25) is 0 Å². The maximum absolute atomic E-state index is 11.7. The van der Waals surface area contributed by atoms with E-state index in [-0.39, 0.29) is 6.09 Å². The molecule has 1 aliphatic rings. The molecule has 2 N–H and O–H groups in total. The van der Waals surface area contributed by atoms with Gasteiger partial charge in [0, 0.05) is 18.6 Å². The van der Waals surface area contributed by atoms with Gasteiger partial charge in [-0.2, -0.15) is 0 Å². The van der Waals surface area contributed by atoms with Crippen LogP contribution < -0.4 is 10.6 Å². The predicted octanol–water partition coefficient (Wildman–Crippen LogP) is 3.46. The normalized spacial score (nSPS) is 23.9. The number of amides is 1. The zero-order chi connectivity index (χ0) is 15.2. The van der Waals surface area contributed by atoms with E-state index in [2.05, 4.69) is 24.5 Å². The summed E-state index contributed by atoms with van der Waals surface area (Å²) in [6.07, 6.45) is 5.69. The van der Waals surface area contributed by atoms with Crippen molar-refractivity contribution < 1.29 is 9.53 Å². The van der Waals surface area contributed by atoms with Gasteiger partial charge in [-0.05, 0) is 46.0 Å². The zero-order valence-electron chi connectivity index (χ0n) is 13.8. The van der Waals surface area contributed by atoms with Crippen LogP contribution in [0.25, 0.3) is 0 Å². The molecule has 4 nitrogen and oxygen atoms in total. The predicted molar refractivity (Wildman–Crippen MR) is 82.9 cm³/mol. The largest absolute Gasteiger partial charge is 0.444 e. The van der Waals surface area contributed by atoms with E-state index in [1.807, 2.05) is 20.8 Å². The molecule has 1 saturated carbocycles. The Balaban J connectivity index is 2.30. The van der Waals surface area contributed by atoms with Crippen molar-refractivity contribution in [1.29, 1.82) is 0 Å². The lowest BCUT2D eigenvalue weighted by Gasteiger charge is -2.36. The minimum Gasteiger partial charge on any atom is -0.444 e. The summed E-state index contributed by atoms with van der Waals surface area (Å²) in [4.78, 5) is 11.7. The Labute approximate surface area is 124 Å². The van der Waals surface area contributed by atoms with Gasteiger partial charge in [-0.25, -0.2) is 4.79 Å². The highest BCUT2D eigenvalue weighted by molar-refractivity contribution is 5.67. The van der Waals surface area contributed by atoms with Gasteiger partial charge in [-0.1, -0.05) is 26.7 Å². The van der Waals surface area contributed by atoms with Crippen molar-refractivity contribution in [1.82, 2.24) is 10.6 Å². The average Bonchev–Trinajstić information content (AvgIpc) is 2.28. The van der Waals surface area contributed by atoms with E-state index in [1.54, 1.807) is 0 Å². The zero-order valence-corrected chi connectivity index (χ0v) is 13.8. The molecule has 118 valence electrons. The Bertz CT molecular complexity index is 293. The first-order valence-electron chi connectivity index (χ1n) is 8.03. The van der Waals surface area contributed by atoms with Crippen molar-refractivity contribution >= 4 is 6.09 Å². The van der Waals surface area contributed by atoms with Crippen LogP contribution >= 0.6 is 0 Å². The summed E-state index contributed by atoms with van der Waals surface area (Å²) >= 11 is 0. The second kappa shape index (κ2) is 7.87. The smallest absolute Gasteiger partial charge is 0.407 e. The molecule has 1 unspecified atom stereocenters. The fourth-order valence-corrected chi connectivity index (χ4v) is 2.59. The van der Waals surface area contributed by atoms with Crippen LogP contribution in [0, 0.1) is 5.92 Å². The molecule has 1 atom stereocenters. The van der Waals surface area contributed by atoms with E-state index >= 15 is 0 Å². The lowest BCUT2D eigenvalue weighted by molar-refractivity contribution is 0.0518. The first-order chi connectivity index (χ1) is 9.30. The van der Waals surface area contributed by atoms with Gasteiger partial charge in [0.05, 0.1) is 0 Å². The van der Waals surface area contributed by atoms with E-state index in [0.29, 0.717) is 18.6 Å². The summed E-state index contributed by atoms with van der Waals surface area (Å²) in [6.45, 7) is 10.8. The van der Waals surface area contributed by atoms with Crippen LogP contribution in [0.3, 0.4) is 0 Å². The van der Waals surface area contributed by atoms with Crippen LogP contribution in [0.15, 0.2) is 0 Å². The topological polar surface area (TPSA) is 50.4 Å². The van der Waals surface area contributed by atoms with Crippen molar-refractivity contribution in [2.75, 3.05) is 6.54 Å². The van der Waals surface area contributed by atoms with E-state index in [1.165, 1.54) is 25.7 Å². The van der Waals surface area contributed by atoms with Gasteiger partial charge >= 0.3 is 6.09 Å².